The molecule has 0 aromatic heterocycles. The third kappa shape index (κ3) is 6.64. The van der Waals surface area contributed by atoms with Crippen molar-refractivity contribution in [3.63, 3.8) is 0 Å². The van der Waals surface area contributed by atoms with E-state index in [1.54, 1.807) is 32.1 Å². The summed E-state index contributed by atoms with van der Waals surface area (Å²) in [6, 6.07) is 4.13. The van der Waals surface area contributed by atoms with Crippen LogP contribution >= 0.6 is 0 Å². The van der Waals surface area contributed by atoms with Crippen LogP contribution in [0.3, 0.4) is 0 Å². The van der Waals surface area contributed by atoms with Crippen molar-refractivity contribution in [2.75, 3.05) is 53.3 Å². The first kappa shape index (κ1) is 24.1. The molecule has 1 fully saturated rings. The van der Waals surface area contributed by atoms with E-state index in [1.807, 2.05) is 0 Å². The van der Waals surface area contributed by atoms with Crippen molar-refractivity contribution in [2.45, 2.75) is 55.6 Å². The molecule has 0 amide bonds. The van der Waals surface area contributed by atoms with E-state index in [1.165, 1.54) is 16.4 Å². The van der Waals surface area contributed by atoms with E-state index in [0.29, 0.717) is 5.69 Å². The largest absolute Gasteiger partial charge is 0.378 e. The Labute approximate surface area is 175 Å². The Morgan fingerprint density at radius 2 is 1.69 bits per heavy atom. The molecule has 1 aliphatic rings. The lowest BCUT2D eigenvalue weighted by molar-refractivity contribution is 0.0154. The van der Waals surface area contributed by atoms with Crippen molar-refractivity contribution >= 4 is 15.7 Å². The smallest absolute Gasteiger partial charge is 0.245 e. The Morgan fingerprint density at radius 3 is 2.24 bits per heavy atom. The van der Waals surface area contributed by atoms with Crippen LogP contribution in [0.4, 0.5) is 10.1 Å². The maximum atomic E-state index is 14.5. The topological polar surface area (TPSA) is 53.1 Å². The number of sulfonamides is 1. The Balaban J connectivity index is 1.89. The van der Waals surface area contributed by atoms with E-state index in [0.717, 1.165) is 51.7 Å². The molecule has 0 bridgehead atoms. The van der Waals surface area contributed by atoms with Crippen LogP contribution in [0.25, 0.3) is 0 Å². The maximum Gasteiger partial charge on any atom is 0.245 e. The van der Waals surface area contributed by atoms with Gasteiger partial charge in [-0.1, -0.05) is 0 Å². The molecule has 0 aliphatic heterocycles. The van der Waals surface area contributed by atoms with Gasteiger partial charge >= 0.3 is 0 Å². The second-order valence-electron chi connectivity index (χ2n) is 8.34. The Bertz CT molecular complexity index is 748. The van der Waals surface area contributed by atoms with Crippen molar-refractivity contribution in [3.8, 4) is 0 Å². The minimum atomic E-state index is -3.87. The average molecular weight is 430 g/mol. The van der Waals surface area contributed by atoms with E-state index in [4.69, 9.17) is 4.74 Å². The third-order valence-electron chi connectivity index (χ3n) is 5.60. The molecule has 1 aromatic carbocycles. The lowest BCUT2D eigenvalue weighted by atomic mass is 9.93. The normalized spacial score (nSPS) is 20.4. The fraction of sp³-hybridized carbons (Fsp3) is 0.714. The number of hydrogen-bond acceptors (Lipinski definition) is 5. The van der Waals surface area contributed by atoms with Gasteiger partial charge in [0.05, 0.1) is 6.10 Å². The van der Waals surface area contributed by atoms with Crippen molar-refractivity contribution in [1.82, 2.24) is 9.21 Å². The molecule has 0 unspecified atom stereocenters. The van der Waals surface area contributed by atoms with Gasteiger partial charge in [0.25, 0.3) is 0 Å². The van der Waals surface area contributed by atoms with Crippen LogP contribution in [0.1, 0.15) is 38.5 Å². The Hall–Kier alpha value is -1.22. The number of anilines is 1. The van der Waals surface area contributed by atoms with Gasteiger partial charge in [0.1, 0.15) is 10.7 Å². The van der Waals surface area contributed by atoms with Gasteiger partial charge in [0.2, 0.25) is 10.0 Å². The summed E-state index contributed by atoms with van der Waals surface area (Å²) >= 11 is 0. The van der Waals surface area contributed by atoms with Crippen molar-refractivity contribution in [2.24, 2.45) is 0 Å². The number of rotatable bonds is 10. The molecule has 0 radical (unpaired) electrons. The molecule has 1 aliphatic carbocycles. The zero-order valence-corrected chi connectivity index (χ0v) is 19.2. The van der Waals surface area contributed by atoms with Crippen LogP contribution in [0.15, 0.2) is 23.1 Å². The first-order valence-corrected chi connectivity index (χ1v) is 11.8. The highest BCUT2D eigenvalue weighted by Crippen LogP contribution is 2.30. The van der Waals surface area contributed by atoms with E-state index in [9.17, 15) is 12.8 Å². The van der Waals surface area contributed by atoms with Gasteiger partial charge in [0.15, 0.2) is 0 Å². The number of unbranched alkanes of at least 4 members (excludes halogenated alkanes) is 1. The molecule has 6 nitrogen and oxygen atoms in total. The van der Waals surface area contributed by atoms with Crippen LogP contribution in [-0.2, 0) is 14.8 Å². The number of nitrogens with zero attached hydrogens (tertiary/aromatic N) is 3. The van der Waals surface area contributed by atoms with Crippen LogP contribution < -0.4 is 4.90 Å². The van der Waals surface area contributed by atoms with Crippen molar-refractivity contribution in [1.29, 1.82) is 0 Å². The standard InChI is InChI=1S/C21H36FN3O3S/c1-23(2)14-6-7-15-28-19-11-8-17(9-12-19)25(5)29(26,27)21-13-10-18(24(3)4)16-20(21)22/h10,13,16-17,19H,6-9,11-12,14-15H2,1-5H3. The van der Waals surface area contributed by atoms with Gasteiger partial charge in [-0.3, -0.25) is 0 Å². The summed E-state index contributed by atoms with van der Waals surface area (Å²) in [4.78, 5) is 3.65. The number of halogens is 1. The third-order valence-corrected chi connectivity index (χ3v) is 7.54. The quantitative estimate of drug-likeness (QED) is 0.535. The van der Waals surface area contributed by atoms with Gasteiger partial charge in [-0.2, -0.15) is 4.31 Å². The first-order valence-electron chi connectivity index (χ1n) is 10.3. The molecule has 0 saturated heterocycles. The number of benzene rings is 1. The van der Waals surface area contributed by atoms with E-state index >= 15 is 0 Å². The fourth-order valence-corrected chi connectivity index (χ4v) is 5.14. The summed E-state index contributed by atoms with van der Waals surface area (Å²) in [5, 5.41) is 0. The van der Waals surface area contributed by atoms with Crippen LogP contribution in [0.5, 0.6) is 0 Å². The summed E-state index contributed by atoms with van der Waals surface area (Å²) < 4.78 is 47.7. The van der Waals surface area contributed by atoms with Crippen LogP contribution in [-0.4, -0.2) is 78.2 Å². The fourth-order valence-electron chi connectivity index (χ4n) is 3.68. The lowest BCUT2D eigenvalue weighted by Gasteiger charge is -2.34. The zero-order valence-electron chi connectivity index (χ0n) is 18.4. The lowest BCUT2D eigenvalue weighted by Crippen LogP contribution is -2.41. The second kappa shape index (κ2) is 10.7. The van der Waals surface area contributed by atoms with Gasteiger partial charge < -0.3 is 14.5 Å². The molecule has 0 spiro atoms. The molecular formula is C21H36FN3O3S. The Morgan fingerprint density at radius 1 is 1.03 bits per heavy atom. The first-order chi connectivity index (χ1) is 13.6. The highest BCUT2D eigenvalue weighted by molar-refractivity contribution is 7.89. The molecule has 29 heavy (non-hydrogen) atoms. The average Bonchev–Trinajstić information content (AvgIpc) is 2.67. The van der Waals surface area contributed by atoms with Gasteiger partial charge in [0, 0.05) is 39.5 Å². The highest BCUT2D eigenvalue weighted by atomic mass is 32.2. The minimum Gasteiger partial charge on any atom is -0.378 e. The molecule has 8 heteroatoms. The summed E-state index contributed by atoms with van der Waals surface area (Å²) in [7, 11) is 5.40. The number of ether oxygens (including phenoxy) is 1. The maximum absolute atomic E-state index is 14.5. The molecule has 1 saturated carbocycles. The predicted molar refractivity (Wildman–Crippen MR) is 115 cm³/mol. The van der Waals surface area contributed by atoms with Crippen molar-refractivity contribution in [3.05, 3.63) is 24.0 Å². The van der Waals surface area contributed by atoms with Gasteiger partial charge in [-0.05, 0) is 77.4 Å². The molecular weight excluding hydrogens is 393 g/mol. The molecule has 0 atom stereocenters. The van der Waals surface area contributed by atoms with Crippen LogP contribution in [0.2, 0.25) is 0 Å². The summed E-state index contributed by atoms with van der Waals surface area (Å²) in [5.74, 6) is -0.710. The monoisotopic (exact) mass is 429 g/mol. The molecule has 0 N–H and O–H groups in total. The predicted octanol–water partition coefficient (Wildman–Crippen LogP) is 3.18. The summed E-state index contributed by atoms with van der Waals surface area (Å²) in [5.41, 5.74) is 0.632. The van der Waals surface area contributed by atoms with Crippen molar-refractivity contribution < 1.29 is 17.5 Å². The van der Waals surface area contributed by atoms with Gasteiger partial charge in [-0.15, -0.1) is 0 Å². The Kier molecular flexibility index (Phi) is 8.88. The van der Waals surface area contributed by atoms with Gasteiger partial charge in [-0.25, -0.2) is 12.8 Å². The summed E-state index contributed by atoms with van der Waals surface area (Å²) in [6.07, 6.45) is 5.47. The van der Waals surface area contributed by atoms with Crippen LogP contribution in [0, 0.1) is 5.82 Å². The highest BCUT2D eigenvalue weighted by Gasteiger charge is 2.33. The molecule has 1 aromatic rings. The molecule has 166 valence electrons. The molecule has 2 rings (SSSR count). The minimum absolute atomic E-state index is 0.124. The van der Waals surface area contributed by atoms with E-state index in [2.05, 4.69) is 19.0 Å². The summed E-state index contributed by atoms with van der Waals surface area (Å²) in [6.45, 7) is 1.81. The zero-order chi connectivity index (χ0) is 21.6. The number of hydrogen-bond donors (Lipinski definition) is 0. The molecule has 0 heterocycles. The SMILES string of the molecule is CN(C)CCCCOC1CCC(N(C)S(=O)(=O)c2ccc(N(C)C)cc2F)CC1. The van der Waals surface area contributed by atoms with E-state index < -0.39 is 15.8 Å². The second-order valence-corrected chi connectivity index (χ2v) is 10.3. The van der Waals surface area contributed by atoms with E-state index in [-0.39, 0.29) is 17.0 Å².